The van der Waals surface area contributed by atoms with Crippen molar-refractivity contribution in [3.63, 3.8) is 0 Å². The lowest BCUT2D eigenvalue weighted by atomic mass is 10.0. The van der Waals surface area contributed by atoms with Gasteiger partial charge in [0.1, 0.15) is 11.4 Å². The van der Waals surface area contributed by atoms with Crippen molar-refractivity contribution >= 4 is 5.97 Å². The lowest BCUT2D eigenvalue weighted by Crippen LogP contribution is -2.22. The van der Waals surface area contributed by atoms with Gasteiger partial charge in [-0.1, -0.05) is 12.1 Å². The van der Waals surface area contributed by atoms with Gasteiger partial charge in [0.05, 0.1) is 13.2 Å². The molecule has 0 N–H and O–H groups in total. The molecule has 0 unspecified atom stereocenters. The molecule has 0 fully saturated rings. The van der Waals surface area contributed by atoms with Gasteiger partial charge in [-0.05, 0) is 24.6 Å². The maximum atomic E-state index is 13.1. The van der Waals surface area contributed by atoms with Crippen LogP contribution in [-0.2, 0) is 16.0 Å². The predicted octanol–water partition coefficient (Wildman–Crippen LogP) is 2.48. The number of carbonyl (C=O) groups is 1. The maximum absolute atomic E-state index is 13.1. The van der Waals surface area contributed by atoms with Crippen molar-refractivity contribution < 1.29 is 18.7 Å². The van der Waals surface area contributed by atoms with Gasteiger partial charge in [0, 0.05) is 31.6 Å². The van der Waals surface area contributed by atoms with Gasteiger partial charge in [-0.15, -0.1) is 0 Å². The number of rotatable bonds is 6. The maximum Gasteiger partial charge on any atom is 0.343 e. The highest BCUT2D eigenvalue weighted by Gasteiger charge is 2.17. The summed E-state index contributed by atoms with van der Waals surface area (Å²) in [6.45, 7) is 2.74. The molecule has 5 nitrogen and oxygen atoms in total. The number of methoxy groups -OCH3 is 1. The summed E-state index contributed by atoms with van der Waals surface area (Å²) >= 11 is 0. The van der Waals surface area contributed by atoms with E-state index in [9.17, 15) is 14.0 Å². The Balaban J connectivity index is 2.55. The Morgan fingerprint density at radius 1 is 1.22 bits per heavy atom. The summed E-state index contributed by atoms with van der Waals surface area (Å²) in [6, 6.07) is 5.54. The summed E-state index contributed by atoms with van der Waals surface area (Å²) in [5, 5.41) is 0. The summed E-state index contributed by atoms with van der Waals surface area (Å²) in [6.07, 6.45) is 3.07. The first-order valence-corrected chi connectivity index (χ1v) is 7.23. The van der Waals surface area contributed by atoms with E-state index in [2.05, 4.69) is 0 Å². The van der Waals surface area contributed by atoms with E-state index in [1.807, 2.05) is 0 Å². The number of carbonyl (C=O) groups excluding carboxylic acids is 1. The number of nitrogens with zero attached hydrogens (tertiary/aromatic N) is 1. The van der Waals surface area contributed by atoms with Crippen LogP contribution in [0.5, 0.6) is 0 Å². The van der Waals surface area contributed by atoms with E-state index in [1.165, 1.54) is 30.5 Å². The Morgan fingerprint density at radius 2 is 1.91 bits per heavy atom. The number of pyridine rings is 1. The second kappa shape index (κ2) is 7.69. The molecule has 0 spiro atoms. The van der Waals surface area contributed by atoms with Crippen LogP contribution in [0.1, 0.15) is 17.3 Å². The standard InChI is InChI=1S/C17H18FNO4/c1-3-23-17(21)15-11-19(8-9-22-2)10-14(16(15)20)12-4-6-13(18)7-5-12/h4-7,10-11H,3,8-9H2,1-2H3. The minimum Gasteiger partial charge on any atom is -0.462 e. The molecule has 0 saturated carbocycles. The second-order valence-corrected chi connectivity index (χ2v) is 4.87. The molecule has 0 aliphatic rings. The third kappa shape index (κ3) is 4.04. The van der Waals surface area contributed by atoms with Crippen molar-refractivity contribution in [1.29, 1.82) is 0 Å². The molecule has 0 atom stereocenters. The zero-order valence-electron chi connectivity index (χ0n) is 13.0. The molecular weight excluding hydrogens is 301 g/mol. The van der Waals surface area contributed by atoms with Crippen LogP contribution in [0.25, 0.3) is 11.1 Å². The largest absolute Gasteiger partial charge is 0.462 e. The van der Waals surface area contributed by atoms with Gasteiger partial charge in [0.15, 0.2) is 0 Å². The van der Waals surface area contributed by atoms with E-state index in [4.69, 9.17) is 9.47 Å². The Hall–Kier alpha value is -2.47. The van der Waals surface area contributed by atoms with Crippen molar-refractivity contribution in [3.05, 3.63) is 58.3 Å². The van der Waals surface area contributed by atoms with Crippen molar-refractivity contribution in [2.45, 2.75) is 13.5 Å². The number of hydrogen-bond acceptors (Lipinski definition) is 4. The van der Waals surface area contributed by atoms with E-state index in [0.717, 1.165) is 0 Å². The summed E-state index contributed by atoms with van der Waals surface area (Å²) < 4.78 is 24.7. The normalized spacial score (nSPS) is 10.6. The lowest BCUT2D eigenvalue weighted by molar-refractivity contribution is 0.0523. The average Bonchev–Trinajstić information content (AvgIpc) is 2.55. The van der Waals surface area contributed by atoms with E-state index in [0.29, 0.717) is 24.3 Å². The Labute approximate surface area is 133 Å². The smallest absolute Gasteiger partial charge is 0.343 e. The van der Waals surface area contributed by atoms with E-state index in [1.54, 1.807) is 24.8 Å². The van der Waals surface area contributed by atoms with Gasteiger partial charge >= 0.3 is 5.97 Å². The molecule has 6 heteroatoms. The van der Waals surface area contributed by atoms with Crippen molar-refractivity contribution in [1.82, 2.24) is 4.57 Å². The van der Waals surface area contributed by atoms with Crippen LogP contribution >= 0.6 is 0 Å². The van der Waals surface area contributed by atoms with E-state index in [-0.39, 0.29) is 12.2 Å². The SMILES string of the molecule is CCOC(=O)c1cn(CCOC)cc(-c2ccc(F)cc2)c1=O. The average molecular weight is 319 g/mol. The molecule has 1 heterocycles. The number of halogens is 1. The molecule has 122 valence electrons. The number of ether oxygens (including phenoxy) is 2. The van der Waals surface area contributed by atoms with Gasteiger partial charge in [0.2, 0.25) is 5.43 Å². The fourth-order valence-corrected chi connectivity index (χ4v) is 2.15. The molecule has 0 aliphatic carbocycles. The molecule has 2 aromatic rings. The topological polar surface area (TPSA) is 57.5 Å². The summed E-state index contributed by atoms with van der Waals surface area (Å²) in [5.74, 6) is -1.07. The Bertz CT molecular complexity index is 737. The predicted molar refractivity (Wildman–Crippen MR) is 83.9 cm³/mol. The molecule has 0 bridgehead atoms. The fraction of sp³-hybridized carbons (Fsp3) is 0.294. The molecule has 0 radical (unpaired) electrons. The fourth-order valence-electron chi connectivity index (χ4n) is 2.15. The zero-order valence-corrected chi connectivity index (χ0v) is 13.0. The number of benzene rings is 1. The van der Waals surface area contributed by atoms with Crippen molar-refractivity contribution in [3.8, 4) is 11.1 Å². The molecule has 23 heavy (non-hydrogen) atoms. The Kier molecular flexibility index (Phi) is 5.65. The number of aromatic nitrogens is 1. The quantitative estimate of drug-likeness (QED) is 0.768. The van der Waals surface area contributed by atoms with Gasteiger partial charge in [-0.2, -0.15) is 0 Å². The van der Waals surface area contributed by atoms with E-state index < -0.39 is 17.2 Å². The highest BCUT2D eigenvalue weighted by Crippen LogP contribution is 2.17. The van der Waals surface area contributed by atoms with Gasteiger partial charge < -0.3 is 14.0 Å². The van der Waals surface area contributed by atoms with Crippen molar-refractivity contribution in [2.24, 2.45) is 0 Å². The van der Waals surface area contributed by atoms with Gasteiger partial charge in [-0.25, -0.2) is 9.18 Å². The molecule has 1 aromatic heterocycles. The highest BCUT2D eigenvalue weighted by atomic mass is 19.1. The monoisotopic (exact) mass is 319 g/mol. The summed E-state index contributed by atoms with van der Waals surface area (Å²) in [5.41, 5.74) is 0.355. The third-order valence-electron chi connectivity index (χ3n) is 3.28. The van der Waals surface area contributed by atoms with Crippen LogP contribution in [0.15, 0.2) is 41.5 Å². The molecule has 0 saturated heterocycles. The van der Waals surface area contributed by atoms with Crippen LogP contribution in [0.2, 0.25) is 0 Å². The van der Waals surface area contributed by atoms with Crippen LogP contribution in [0.3, 0.4) is 0 Å². The zero-order chi connectivity index (χ0) is 16.8. The molecular formula is C17H18FNO4. The first kappa shape index (κ1) is 16.9. The molecule has 1 aromatic carbocycles. The summed E-state index contributed by atoms with van der Waals surface area (Å²) in [7, 11) is 1.57. The lowest BCUT2D eigenvalue weighted by Gasteiger charge is -2.11. The minimum absolute atomic E-state index is 0.0511. The van der Waals surface area contributed by atoms with Crippen molar-refractivity contribution in [2.75, 3.05) is 20.3 Å². The van der Waals surface area contributed by atoms with Crippen LogP contribution in [0.4, 0.5) is 4.39 Å². The first-order valence-electron chi connectivity index (χ1n) is 7.23. The molecule has 0 aliphatic heterocycles. The molecule has 2 rings (SSSR count). The van der Waals surface area contributed by atoms with Gasteiger partial charge in [0.25, 0.3) is 0 Å². The second-order valence-electron chi connectivity index (χ2n) is 4.87. The van der Waals surface area contributed by atoms with Crippen LogP contribution in [0, 0.1) is 5.82 Å². The first-order chi connectivity index (χ1) is 11.1. The van der Waals surface area contributed by atoms with Crippen LogP contribution < -0.4 is 5.43 Å². The van der Waals surface area contributed by atoms with E-state index >= 15 is 0 Å². The van der Waals surface area contributed by atoms with Gasteiger partial charge in [-0.3, -0.25) is 4.79 Å². The third-order valence-corrected chi connectivity index (χ3v) is 3.28. The molecule has 0 amide bonds. The highest BCUT2D eigenvalue weighted by molar-refractivity contribution is 5.90. The number of esters is 1. The number of hydrogen-bond donors (Lipinski definition) is 0. The Morgan fingerprint density at radius 3 is 2.52 bits per heavy atom. The van der Waals surface area contributed by atoms with Crippen LogP contribution in [-0.4, -0.2) is 30.9 Å². The summed E-state index contributed by atoms with van der Waals surface area (Å²) in [4.78, 5) is 24.6. The minimum atomic E-state index is -0.673.